The molecule has 0 radical (unpaired) electrons. The molecule has 0 N–H and O–H groups in total. The zero-order valence-electron chi connectivity index (χ0n) is 5.74. The summed E-state index contributed by atoms with van der Waals surface area (Å²) in [6, 6.07) is 1.93. The number of furan rings is 1. The average Bonchev–Trinajstić information content (AvgIpc) is 2.34. The van der Waals surface area contributed by atoms with E-state index in [0.29, 0.717) is 0 Å². The van der Waals surface area contributed by atoms with Gasteiger partial charge in [-0.25, -0.2) is 0 Å². The van der Waals surface area contributed by atoms with Crippen molar-refractivity contribution >= 4 is 23.1 Å². The molecule has 0 unspecified atom stereocenters. The van der Waals surface area contributed by atoms with Crippen molar-refractivity contribution in [3.63, 3.8) is 0 Å². The third-order valence-electron chi connectivity index (χ3n) is 1.97. The van der Waals surface area contributed by atoms with E-state index >= 15 is 0 Å². The van der Waals surface area contributed by atoms with Gasteiger partial charge in [0.25, 0.3) is 0 Å². The topological polar surface area (TPSA) is 26.0 Å². The van der Waals surface area contributed by atoms with Crippen LogP contribution in [-0.4, -0.2) is 4.98 Å². The molecule has 2 aromatic rings. The molecule has 0 aromatic carbocycles. The Balaban J connectivity index is 2.58. The molecule has 0 aliphatic heterocycles. The first-order valence-corrected chi connectivity index (χ1v) is 3.49. The number of pyridine rings is 1. The van der Waals surface area contributed by atoms with Crippen LogP contribution in [0.15, 0.2) is 22.9 Å². The van der Waals surface area contributed by atoms with Crippen molar-refractivity contribution in [3.8, 4) is 0 Å². The average molecular weight is 143 g/mol. The molecule has 2 heteroatoms. The van der Waals surface area contributed by atoms with E-state index in [0.717, 1.165) is 22.2 Å². The number of aromatic nitrogens is 1. The lowest BCUT2D eigenvalue weighted by Gasteiger charge is -2.07. The van der Waals surface area contributed by atoms with Gasteiger partial charge in [-0.15, -0.1) is 0 Å². The van der Waals surface area contributed by atoms with E-state index in [1.54, 1.807) is 6.26 Å². The fraction of sp³-hybridized carbons (Fsp3) is 0. The summed E-state index contributed by atoms with van der Waals surface area (Å²) in [6.45, 7) is 0. The SMILES string of the molecule is C1=Cc2c1ncc1ccoc21. The van der Waals surface area contributed by atoms with Gasteiger partial charge in [0.2, 0.25) is 0 Å². The van der Waals surface area contributed by atoms with Gasteiger partial charge in [0.15, 0.2) is 0 Å². The molecule has 3 rings (SSSR count). The van der Waals surface area contributed by atoms with Crippen LogP contribution >= 0.6 is 0 Å². The molecular weight excluding hydrogens is 138 g/mol. The van der Waals surface area contributed by atoms with Crippen molar-refractivity contribution in [2.75, 3.05) is 0 Å². The molecule has 0 amide bonds. The summed E-state index contributed by atoms with van der Waals surface area (Å²) in [5.74, 6) is 0. The lowest BCUT2D eigenvalue weighted by atomic mass is 10.0. The van der Waals surface area contributed by atoms with Gasteiger partial charge in [-0.3, -0.25) is 4.98 Å². The normalized spacial score (nSPS) is 13.1. The van der Waals surface area contributed by atoms with E-state index in [4.69, 9.17) is 4.42 Å². The lowest BCUT2D eigenvalue weighted by Crippen LogP contribution is -1.92. The van der Waals surface area contributed by atoms with Crippen molar-refractivity contribution in [2.24, 2.45) is 0 Å². The molecule has 2 aromatic heterocycles. The van der Waals surface area contributed by atoms with Crippen molar-refractivity contribution in [1.82, 2.24) is 4.98 Å². The Hall–Kier alpha value is -1.57. The summed E-state index contributed by atoms with van der Waals surface area (Å²) in [5.41, 5.74) is 3.12. The maximum absolute atomic E-state index is 5.29. The molecule has 1 aliphatic rings. The van der Waals surface area contributed by atoms with Crippen LogP contribution in [0.2, 0.25) is 0 Å². The van der Waals surface area contributed by atoms with E-state index in [-0.39, 0.29) is 0 Å². The monoisotopic (exact) mass is 143 g/mol. The maximum Gasteiger partial charge on any atom is 0.144 e. The number of hydrogen-bond acceptors (Lipinski definition) is 2. The predicted molar refractivity (Wildman–Crippen MR) is 42.9 cm³/mol. The van der Waals surface area contributed by atoms with Crippen LogP contribution in [0, 0.1) is 0 Å². The van der Waals surface area contributed by atoms with Crippen molar-refractivity contribution in [3.05, 3.63) is 29.8 Å². The quantitative estimate of drug-likeness (QED) is 0.482. The van der Waals surface area contributed by atoms with E-state index in [1.807, 2.05) is 24.4 Å². The number of fused-ring (bicyclic) bond motifs is 3. The van der Waals surface area contributed by atoms with Gasteiger partial charge in [0.1, 0.15) is 5.58 Å². The second-order valence-electron chi connectivity index (χ2n) is 2.60. The Kier molecular flexibility index (Phi) is 0.714. The first-order chi connectivity index (χ1) is 5.45. The van der Waals surface area contributed by atoms with Crippen LogP contribution in [0.4, 0.5) is 0 Å². The van der Waals surface area contributed by atoms with E-state index in [9.17, 15) is 0 Å². The highest BCUT2D eigenvalue weighted by molar-refractivity contribution is 5.97. The van der Waals surface area contributed by atoms with Gasteiger partial charge in [0, 0.05) is 17.1 Å². The van der Waals surface area contributed by atoms with Crippen LogP contribution in [-0.2, 0) is 0 Å². The van der Waals surface area contributed by atoms with Crippen LogP contribution < -0.4 is 0 Å². The molecule has 52 valence electrons. The van der Waals surface area contributed by atoms with E-state index < -0.39 is 0 Å². The second-order valence-corrected chi connectivity index (χ2v) is 2.60. The zero-order chi connectivity index (χ0) is 7.26. The number of hydrogen-bond donors (Lipinski definition) is 0. The van der Waals surface area contributed by atoms with Crippen molar-refractivity contribution < 1.29 is 4.42 Å². The third kappa shape index (κ3) is 0.499. The molecular formula is C9H5NO. The molecule has 0 saturated carbocycles. The highest BCUT2D eigenvalue weighted by atomic mass is 16.3. The Labute approximate surface area is 63.2 Å². The van der Waals surface area contributed by atoms with Gasteiger partial charge < -0.3 is 4.42 Å². The predicted octanol–water partition coefficient (Wildman–Crippen LogP) is 2.31. The minimum atomic E-state index is 0.956. The minimum Gasteiger partial charge on any atom is -0.464 e. The summed E-state index contributed by atoms with van der Waals surface area (Å²) in [4.78, 5) is 4.22. The molecule has 0 bridgehead atoms. The third-order valence-corrected chi connectivity index (χ3v) is 1.97. The van der Waals surface area contributed by atoms with Crippen LogP contribution in [0.5, 0.6) is 0 Å². The Morgan fingerprint density at radius 1 is 1.27 bits per heavy atom. The highest BCUT2D eigenvalue weighted by Gasteiger charge is 2.12. The largest absolute Gasteiger partial charge is 0.464 e. The molecule has 11 heavy (non-hydrogen) atoms. The molecule has 0 atom stereocenters. The lowest BCUT2D eigenvalue weighted by molar-refractivity contribution is 0.614. The summed E-state index contributed by atoms with van der Waals surface area (Å²) < 4.78 is 5.29. The van der Waals surface area contributed by atoms with Gasteiger partial charge in [-0.2, -0.15) is 0 Å². The van der Waals surface area contributed by atoms with Gasteiger partial charge in [0.05, 0.1) is 12.0 Å². The first kappa shape index (κ1) is 5.13. The highest BCUT2D eigenvalue weighted by Crippen LogP contribution is 2.29. The summed E-state index contributed by atoms with van der Waals surface area (Å²) >= 11 is 0. The molecule has 0 fully saturated rings. The minimum absolute atomic E-state index is 0.956. The summed E-state index contributed by atoms with van der Waals surface area (Å²) in [5, 5.41) is 1.08. The Morgan fingerprint density at radius 2 is 2.27 bits per heavy atom. The van der Waals surface area contributed by atoms with Crippen molar-refractivity contribution in [2.45, 2.75) is 0 Å². The summed E-state index contributed by atoms with van der Waals surface area (Å²) in [6.07, 6.45) is 7.53. The van der Waals surface area contributed by atoms with E-state index in [2.05, 4.69) is 4.98 Å². The maximum atomic E-state index is 5.29. The molecule has 0 spiro atoms. The zero-order valence-corrected chi connectivity index (χ0v) is 5.74. The molecule has 2 heterocycles. The number of nitrogens with zero attached hydrogens (tertiary/aromatic N) is 1. The van der Waals surface area contributed by atoms with Crippen LogP contribution in [0.3, 0.4) is 0 Å². The van der Waals surface area contributed by atoms with Crippen molar-refractivity contribution in [1.29, 1.82) is 0 Å². The van der Waals surface area contributed by atoms with Gasteiger partial charge in [-0.1, -0.05) is 0 Å². The Bertz CT molecular complexity index is 454. The molecule has 0 saturated heterocycles. The Morgan fingerprint density at radius 3 is 3.09 bits per heavy atom. The van der Waals surface area contributed by atoms with Crippen LogP contribution in [0.1, 0.15) is 11.3 Å². The fourth-order valence-electron chi connectivity index (χ4n) is 1.32. The standard InChI is InChI=1S/C9H5NO/c1-2-8-7(1)9-6(5-10-8)3-4-11-9/h1-5H. The molecule has 1 aliphatic carbocycles. The number of rotatable bonds is 0. The van der Waals surface area contributed by atoms with Gasteiger partial charge in [-0.05, 0) is 18.2 Å². The molecule has 2 nitrogen and oxygen atoms in total. The summed E-state index contributed by atoms with van der Waals surface area (Å²) in [7, 11) is 0. The van der Waals surface area contributed by atoms with E-state index in [1.165, 1.54) is 0 Å². The smallest absolute Gasteiger partial charge is 0.144 e. The fourth-order valence-corrected chi connectivity index (χ4v) is 1.32. The second kappa shape index (κ2) is 1.53. The van der Waals surface area contributed by atoms with Crippen LogP contribution in [0.25, 0.3) is 23.1 Å². The first-order valence-electron chi connectivity index (χ1n) is 3.49. The van der Waals surface area contributed by atoms with Gasteiger partial charge >= 0.3 is 0 Å².